The van der Waals surface area contributed by atoms with E-state index in [-0.39, 0.29) is 29.6 Å². The summed E-state index contributed by atoms with van der Waals surface area (Å²) in [6.07, 6.45) is 2.37. The van der Waals surface area contributed by atoms with Gasteiger partial charge in [-0.25, -0.2) is 9.37 Å². The molecular weight excluding hydrogens is 732 g/mol. The molecule has 0 radical (unpaired) electrons. The summed E-state index contributed by atoms with van der Waals surface area (Å²) in [7, 11) is 1.65. The molecule has 7 rings (SSSR count). The van der Waals surface area contributed by atoms with Crippen LogP contribution in [0.1, 0.15) is 83.5 Å². The Kier molecular flexibility index (Phi) is 11.9. The molecule has 6 aromatic rings. The number of benzene rings is 5. The molecule has 1 saturated heterocycles. The highest BCUT2D eigenvalue weighted by Gasteiger charge is 2.27. The number of carbonyl (C=O) groups is 3. The number of hydrogen-bond acceptors (Lipinski definition) is 6. The van der Waals surface area contributed by atoms with Crippen molar-refractivity contribution in [2.45, 2.75) is 64.3 Å². The van der Waals surface area contributed by atoms with Crippen molar-refractivity contribution >= 4 is 34.4 Å². The Morgan fingerprint density at radius 1 is 0.862 bits per heavy atom. The van der Waals surface area contributed by atoms with E-state index in [0.29, 0.717) is 51.3 Å². The fraction of sp³-hybridized carbons (Fsp3) is 0.250. The summed E-state index contributed by atoms with van der Waals surface area (Å²) >= 11 is 0. The van der Waals surface area contributed by atoms with Crippen LogP contribution in [0.5, 0.6) is 5.75 Å². The van der Waals surface area contributed by atoms with Crippen LogP contribution in [0.4, 0.5) is 10.2 Å². The number of anilines is 1. The van der Waals surface area contributed by atoms with E-state index in [9.17, 15) is 18.8 Å². The minimum atomic E-state index is -0.967. The summed E-state index contributed by atoms with van der Waals surface area (Å²) < 4.78 is 25.8. The van der Waals surface area contributed by atoms with Gasteiger partial charge in [-0.3, -0.25) is 14.4 Å². The second-order valence-corrected chi connectivity index (χ2v) is 15.6. The molecular formula is C48H47FN4O5. The van der Waals surface area contributed by atoms with E-state index in [2.05, 4.69) is 43.5 Å². The molecule has 5 aromatic carbocycles. The zero-order valence-corrected chi connectivity index (χ0v) is 33.1. The van der Waals surface area contributed by atoms with Crippen molar-refractivity contribution in [2.24, 2.45) is 0 Å². The zero-order chi connectivity index (χ0) is 40.8. The van der Waals surface area contributed by atoms with Gasteiger partial charge >= 0.3 is 0 Å². The average Bonchev–Trinajstić information content (AvgIpc) is 3.23. The molecule has 1 aromatic heterocycles. The molecule has 58 heavy (non-hydrogen) atoms. The number of carbonyl (C=O) groups excluding carboxylic acids is 3. The number of pyridine rings is 1. The van der Waals surface area contributed by atoms with Gasteiger partial charge in [0.2, 0.25) is 5.91 Å². The molecule has 1 fully saturated rings. The van der Waals surface area contributed by atoms with Gasteiger partial charge in [0, 0.05) is 36.5 Å². The van der Waals surface area contributed by atoms with E-state index in [1.165, 1.54) is 22.6 Å². The average molecular weight is 779 g/mol. The lowest BCUT2D eigenvalue weighted by atomic mass is 9.86. The summed E-state index contributed by atoms with van der Waals surface area (Å²) in [4.78, 5) is 47.7. The molecule has 9 nitrogen and oxygen atoms in total. The topological polar surface area (TPSA) is 110 Å². The van der Waals surface area contributed by atoms with E-state index < -0.39 is 18.2 Å². The number of rotatable bonds is 11. The molecule has 2 atom stereocenters. The van der Waals surface area contributed by atoms with Crippen LogP contribution in [-0.2, 0) is 21.5 Å². The molecule has 1 aliphatic rings. The van der Waals surface area contributed by atoms with Gasteiger partial charge in [-0.05, 0) is 95.1 Å². The first-order valence-electron chi connectivity index (χ1n) is 19.5. The fourth-order valence-electron chi connectivity index (χ4n) is 7.03. The van der Waals surface area contributed by atoms with Crippen LogP contribution in [-0.4, -0.2) is 47.6 Å². The molecule has 0 bridgehead atoms. The molecule has 3 amide bonds. The number of likely N-dealkylation sites (N-methyl/N-ethyl adjacent to an activating group) is 1. The first-order chi connectivity index (χ1) is 27.9. The number of fused-ring (bicyclic) bond motifs is 1. The molecule has 0 aliphatic carbocycles. The Morgan fingerprint density at radius 3 is 2.33 bits per heavy atom. The maximum atomic E-state index is 14.1. The SMILES string of the molecule is CN(Cc1ccc(F)cc1)C(=O)[C@@H](NC(=O)c1ccc2nc(NC(=O)c3cccc(OC4CCCCO4)c3-c3ccc(C(C)(C)C)cc3)ccc2c1)c1ccccc1. The van der Waals surface area contributed by atoms with Crippen LogP contribution in [0.25, 0.3) is 22.0 Å². The molecule has 10 heteroatoms. The van der Waals surface area contributed by atoms with Crippen molar-refractivity contribution in [3.8, 4) is 16.9 Å². The van der Waals surface area contributed by atoms with Crippen LogP contribution < -0.4 is 15.4 Å². The second kappa shape index (κ2) is 17.4. The lowest BCUT2D eigenvalue weighted by Crippen LogP contribution is -2.41. The number of ether oxygens (including phenoxy) is 2. The highest BCUT2D eigenvalue weighted by Crippen LogP contribution is 2.37. The first kappa shape index (κ1) is 39.8. The van der Waals surface area contributed by atoms with Gasteiger partial charge in [0.25, 0.3) is 11.8 Å². The van der Waals surface area contributed by atoms with Gasteiger partial charge in [0.05, 0.1) is 17.7 Å². The van der Waals surface area contributed by atoms with E-state index in [0.717, 1.165) is 30.4 Å². The van der Waals surface area contributed by atoms with Gasteiger partial charge in [-0.1, -0.05) is 93.6 Å². The highest BCUT2D eigenvalue weighted by molar-refractivity contribution is 6.10. The molecule has 0 saturated carbocycles. The number of nitrogens with zero attached hydrogens (tertiary/aromatic N) is 2. The quantitative estimate of drug-likeness (QED) is 0.136. The van der Waals surface area contributed by atoms with Crippen LogP contribution in [0.3, 0.4) is 0 Å². The molecule has 0 spiro atoms. The standard InChI is InChI=1S/C48H47FN4O5/c1-48(2,3)36-22-18-32(19-23-36)43-38(13-10-14-40(43)58-42-15-8-9-28-57-42)46(55)51-41-27-21-34-29-35(20-26-39(34)50-41)45(54)52-44(33-11-6-5-7-12-33)47(56)53(4)30-31-16-24-37(49)25-17-31/h5-7,10-14,16-27,29,42,44H,8-9,15,28,30H2,1-4H3,(H,52,54)(H,50,51,55)/t42?,44-/m0/s1. The number of halogens is 1. The second-order valence-electron chi connectivity index (χ2n) is 15.6. The number of amides is 3. The normalized spacial score (nSPS) is 14.7. The van der Waals surface area contributed by atoms with Gasteiger partial charge in [0.1, 0.15) is 23.4 Å². The summed E-state index contributed by atoms with van der Waals surface area (Å²) in [6, 6.07) is 36.2. The summed E-state index contributed by atoms with van der Waals surface area (Å²) in [5.74, 6) is -0.575. The third kappa shape index (κ3) is 9.41. The third-order valence-corrected chi connectivity index (χ3v) is 10.3. The maximum absolute atomic E-state index is 14.1. The Labute approximate surface area is 338 Å². The Morgan fingerprint density at radius 2 is 1.62 bits per heavy atom. The van der Waals surface area contributed by atoms with Crippen molar-refractivity contribution < 1.29 is 28.2 Å². The number of nitrogens with one attached hydrogen (secondary N) is 2. The minimum absolute atomic E-state index is 0.0369. The predicted octanol–water partition coefficient (Wildman–Crippen LogP) is 9.63. The van der Waals surface area contributed by atoms with Crippen molar-refractivity contribution in [1.82, 2.24) is 15.2 Å². The predicted molar refractivity (Wildman–Crippen MR) is 224 cm³/mol. The highest BCUT2D eigenvalue weighted by atomic mass is 19.1. The number of hydrogen-bond donors (Lipinski definition) is 2. The molecule has 2 heterocycles. The van der Waals surface area contributed by atoms with Gasteiger partial charge < -0.3 is 25.0 Å². The van der Waals surface area contributed by atoms with E-state index >= 15 is 0 Å². The van der Waals surface area contributed by atoms with Gasteiger partial charge in [-0.15, -0.1) is 0 Å². The molecule has 2 N–H and O–H groups in total. The van der Waals surface area contributed by atoms with E-state index in [1.54, 1.807) is 73.8 Å². The lowest BCUT2D eigenvalue weighted by molar-refractivity contribution is -0.132. The largest absolute Gasteiger partial charge is 0.464 e. The van der Waals surface area contributed by atoms with E-state index in [1.807, 2.05) is 36.4 Å². The van der Waals surface area contributed by atoms with Crippen LogP contribution in [0, 0.1) is 5.82 Å². The Bertz CT molecular complexity index is 2410. The third-order valence-electron chi connectivity index (χ3n) is 10.3. The molecule has 1 unspecified atom stereocenters. The van der Waals surface area contributed by atoms with Gasteiger partial charge in [-0.2, -0.15) is 0 Å². The zero-order valence-electron chi connectivity index (χ0n) is 33.1. The van der Waals surface area contributed by atoms with Crippen molar-refractivity contribution in [3.63, 3.8) is 0 Å². The lowest BCUT2D eigenvalue weighted by Gasteiger charge is -2.25. The van der Waals surface area contributed by atoms with Crippen molar-refractivity contribution in [3.05, 3.63) is 161 Å². The summed E-state index contributed by atoms with van der Waals surface area (Å²) in [6.45, 7) is 7.35. The van der Waals surface area contributed by atoms with Crippen LogP contribution >= 0.6 is 0 Å². The molecule has 296 valence electrons. The van der Waals surface area contributed by atoms with E-state index in [4.69, 9.17) is 14.5 Å². The molecule has 1 aliphatic heterocycles. The van der Waals surface area contributed by atoms with Gasteiger partial charge in [0.15, 0.2) is 6.29 Å². The first-order valence-corrected chi connectivity index (χ1v) is 19.5. The number of aromatic nitrogens is 1. The van der Waals surface area contributed by atoms with Crippen molar-refractivity contribution in [1.29, 1.82) is 0 Å². The summed E-state index contributed by atoms with van der Waals surface area (Å²) in [5.41, 5.74) is 5.35. The fourth-order valence-corrected chi connectivity index (χ4v) is 7.03. The van der Waals surface area contributed by atoms with Crippen molar-refractivity contribution in [2.75, 3.05) is 19.0 Å². The Balaban J connectivity index is 1.10. The van der Waals surface area contributed by atoms with Crippen LogP contribution in [0.15, 0.2) is 127 Å². The minimum Gasteiger partial charge on any atom is -0.464 e. The smallest absolute Gasteiger partial charge is 0.257 e. The monoisotopic (exact) mass is 778 g/mol. The summed E-state index contributed by atoms with van der Waals surface area (Å²) in [5, 5.41) is 6.56. The van der Waals surface area contributed by atoms with Crippen LogP contribution in [0.2, 0.25) is 0 Å². The Hall–Kier alpha value is -6.39. The maximum Gasteiger partial charge on any atom is 0.257 e.